The number of hydrogen-bond donors (Lipinski definition) is 1. The highest BCUT2D eigenvalue weighted by Gasteiger charge is 2.26. The van der Waals surface area contributed by atoms with Gasteiger partial charge in [-0.15, -0.1) is 0 Å². The number of carbonyl (C=O) groups excluding carboxylic acids is 1. The molecule has 3 rings (SSSR count). The Labute approximate surface area is 157 Å². The molecule has 2 amide bonds. The smallest absolute Gasteiger partial charge is 0.322 e. The molecule has 0 bridgehead atoms. The normalized spacial score (nSPS) is 17.4. The maximum atomic E-state index is 12.6. The molecule has 2 aromatic carbocycles. The first kappa shape index (κ1) is 18.1. The van der Waals surface area contributed by atoms with Crippen molar-refractivity contribution < 1.29 is 9.53 Å². The summed E-state index contributed by atoms with van der Waals surface area (Å²) in [6, 6.07) is 11.2. The van der Waals surface area contributed by atoms with Gasteiger partial charge in [0.15, 0.2) is 0 Å². The molecule has 1 N–H and O–H groups in total. The molecule has 1 aliphatic heterocycles. The molecule has 1 heterocycles. The van der Waals surface area contributed by atoms with Gasteiger partial charge in [0.2, 0.25) is 0 Å². The molecule has 2 aromatic rings. The van der Waals surface area contributed by atoms with Gasteiger partial charge in [-0.2, -0.15) is 0 Å². The van der Waals surface area contributed by atoms with Gasteiger partial charge in [0.25, 0.3) is 0 Å². The average molecular weight is 379 g/mol. The maximum Gasteiger partial charge on any atom is 0.322 e. The predicted octanol–water partition coefficient (Wildman–Crippen LogP) is 5.22. The summed E-state index contributed by atoms with van der Waals surface area (Å²) in [4.78, 5) is 14.4. The number of ether oxygens (including phenoxy) is 1. The molecule has 25 heavy (non-hydrogen) atoms. The summed E-state index contributed by atoms with van der Waals surface area (Å²) in [7, 11) is 0. The van der Waals surface area contributed by atoms with Gasteiger partial charge in [0.05, 0.1) is 13.2 Å². The highest BCUT2D eigenvalue weighted by Crippen LogP contribution is 2.28. The van der Waals surface area contributed by atoms with E-state index in [2.05, 4.69) is 11.4 Å². The molecule has 0 spiro atoms. The van der Waals surface area contributed by atoms with Gasteiger partial charge in [-0.05, 0) is 60.9 Å². The number of morpholine rings is 1. The number of urea groups is 1. The number of halogens is 2. The second kappa shape index (κ2) is 7.65. The van der Waals surface area contributed by atoms with E-state index < -0.39 is 0 Å². The molecule has 1 unspecified atom stereocenters. The molecule has 0 radical (unpaired) electrons. The number of rotatable bonds is 2. The van der Waals surface area contributed by atoms with E-state index in [1.807, 2.05) is 38.1 Å². The Kier molecular flexibility index (Phi) is 5.52. The third-order valence-corrected chi connectivity index (χ3v) is 4.52. The Morgan fingerprint density at radius 3 is 2.36 bits per heavy atom. The molecule has 1 aliphatic rings. The van der Waals surface area contributed by atoms with Gasteiger partial charge in [-0.1, -0.05) is 29.3 Å². The van der Waals surface area contributed by atoms with Crippen LogP contribution in [0, 0.1) is 13.8 Å². The molecule has 0 aromatic heterocycles. The van der Waals surface area contributed by atoms with Crippen LogP contribution < -0.4 is 5.32 Å². The first-order valence-corrected chi connectivity index (χ1v) is 8.88. The van der Waals surface area contributed by atoms with Crippen molar-refractivity contribution in [3.8, 4) is 0 Å². The molecule has 4 nitrogen and oxygen atoms in total. The fourth-order valence-corrected chi connectivity index (χ4v) is 3.59. The Hall–Kier alpha value is -1.75. The van der Waals surface area contributed by atoms with Crippen molar-refractivity contribution in [3.05, 3.63) is 63.1 Å². The van der Waals surface area contributed by atoms with E-state index in [1.54, 1.807) is 11.0 Å². The van der Waals surface area contributed by atoms with Crippen molar-refractivity contribution in [2.45, 2.75) is 20.0 Å². The number of carbonyl (C=O) groups is 1. The van der Waals surface area contributed by atoms with Crippen LogP contribution in [-0.2, 0) is 4.74 Å². The van der Waals surface area contributed by atoms with Gasteiger partial charge >= 0.3 is 6.03 Å². The lowest BCUT2D eigenvalue weighted by Crippen LogP contribution is -2.44. The number of amides is 2. The number of nitrogens with zero attached hydrogens (tertiary/aromatic N) is 1. The fraction of sp³-hybridized carbons (Fsp3) is 0.316. The molecular weight excluding hydrogens is 359 g/mol. The van der Waals surface area contributed by atoms with E-state index >= 15 is 0 Å². The summed E-state index contributed by atoms with van der Waals surface area (Å²) >= 11 is 12.1. The SMILES string of the molecule is Cc1cc(C)cc(NC(=O)N2CCOC(c3cc(Cl)cc(Cl)c3)C2)c1. The monoisotopic (exact) mass is 378 g/mol. The van der Waals surface area contributed by atoms with Crippen molar-refractivity contribution in [2.75, 3.05) is 25.0 Å². The van der Waals surface area contributed by atoms with Crippen LogP contribution in [0.2, 0.25) is 10.0 Å². The number of aryl methyl sites for hydroxylation is 2. The number of nitrogens with one attached hydrogen (secondary N) is 1. The standard InChI is InChI=1S/C19H20Cl2N2O2/c1-12-5-13(2)7-17(6-12)22-19(24)23-3-4-25-18(11-23)14-8-15(20)10-16(21)9-14/h5-10,18H,3-4,11H2,1-2H3,(H,22,24). The zero-order valence-electron chi connectivity index (χ0n) is 14.2. The zero-order chi connectivity index (χ0) is 18.0. The summed E-state index contributed by atoms with van der Waals surface area (Å²) in [5.74, 6) is 0. The van der Waals surface area contributed by atoms with E-state index in [0.29, 0.717) is 29.7 Å². The lowest BCUT2D eigenvalue weighted by atomic mass is 10.1. The van der Waals surface area contributed by atoms with Crippen LogP contribution in [0.15, 0.2) is 36.4 Å². The number of benzene rings is 2. The minimum atomic E-state index is -0.241. The first-order chi connectivity index (χ1) is 11.9. The topological polar surface area (TPSA) is 41.6 Å². The van der Waals surface area contributed by atoms with Gasteiger partial charge in [-0.25, -0.2) is 4.79 Å². The molecule has 1 saturated heterocycles. The van der Waals surface area contributed by atoms with Crippen LogP contribution in [0.4, 0.5) is 10.5 Å². The second-order valence-corrected chi connectivity index (χ2v) is 7.19. The van der Waals surface area contributed by atoms with Crippen molar-refractivity contribution in [2.24, 2.45) is 0 Å². The van der Waals surface area contributed by atoms with E-state index in [0.717, 1.165) is 22.4 Å². The Morgan fingerprint density at radius 1 is 1.08 bits per heavy atom. The van der Waals surface area contributed by atoms with Gasteiger partial charge in [0, 0.05) is 22.3 Å². The molecule has 0 saturated carbocycles. The molecule has 6 heteroatoms. The van der Waals surface area contributed by atoms with E-state index in [1.165, 1.54) is 0 Å². The average Bonchev–Trinajstić information content (AvgIpc) is 2.53. The highest BCUT2D eigenvalue weighted by atomic mass is 35.5. The van der Waals surface area contributed by atoms with Crippen LogP contribution in [0.3, 0.4) is 0 Å². The molecule has 0 aliphatic carbocycles. The minimum Gasteiger partial charge on any atom is -0.370 e. The summed E-state index contributed by atoms with van der Waals surface area (Å²) in [6.45, 7) is 5.48. The summed E-state index contributed by atoms with van der Waals surface area (Å²) in [5, 5.41) is 4.08. The van der Waals surface area contributed by atoms with Gasteiger partial charge in [0.1, 0.15) is 6.10 Å². The molecule has 132 valence electrons. The molecular formula is C19H20Cl2N2O2. The van der Waals surface area contributed by atoms with E-state index in [4.69, 9.17) is 27.9 Å². The maximum absolute atomic E-state index is 12.6. The quantitative estimate of drug-likeness (QED) is 0.778. The summed E-state index contributed by atoms with van der Waals surface area (Å²) < 4.78 is 5.80. The van der Waals surface area contributed by atoms with Crippen LogP contribution >= 0.6 is 23.2 Å². The lowest BCUT2D eigenvalue weighted by Gasteiger charge is -2.33. The summed E-state index contributed by atoms with van der Waals surface area (Å²) in [6.07, 6.45) is -0.241. The largest absolute Gasteiger partial charge is 0.370 e. The third kappa shape index (κ3) is 4.66. The Bertz CT molecular complexity index is 754. The first-order valence-electron chi connectivity index (χ1n) is 8.12. The fourth-order valence-electron chi connectivity index (χ4n) is 3.05. The number of hydrogen-bond acceptors (Lipinski definition) is 2. The lowest BCUT2D eigenvalue weighted by molar-refractivity contribution is -0.0134. The van der Waals surface area contributed by atoms with E-state index in [9.17, 15) is 4.79 Å². The molecule has 1 fully saturated rings. The molecule has 1 atom stereocenters. The second-order valence-electron chi connectivity index (χ2n) is 6.31. The predicted molar refractivity (Wildman–Crippen MR) is 102 cm³/mol. The van der Waals surface area contributed by atoms with Gasteiger partial charge in [-0.3, -0.25) is 0 Å². The van der Waals surface area contributed by atoms with Crippen LogP contribution in [0.5, 0.6) is 0 Å². The minimum absolute atomic E-state index is 0.133. The van der Waals surface area contributed by atoms with Crippen LogP contribution in [-0.4, -0.2) is 30.6 Å². The van der Waals surface area contributed by atoms with Crippen LogP contribution in [0.1, 0.15) is 22.8 Å². The van der Waals surface area contributed by atoms with Crippen LogP contribution in [0.25, 0.3) is 0 Å². The van der Waals surface area contributed by atoms with Crippen molar-refractivity contribution in [1.29, 1.82) is 0 Å². The third-order valence-electron chi connectivity index (χ3n) is 4.08. The summed E-state index contributed by atoms with van der Waals surface area (Å²) in [5.41, 5.74) is 3.91. The van der Waals surface area contributed by atoms with E-state index in [-0.39, 0.29) is 12.1 Å². The Balaban J connectivity index is 1.71. The highest BCUT2D eigenvalue weighted by molar-refractivity contribution is 6.34. The van der Waals surface area contributed by atoms with Gasteiger partial charge < -0.3 is 15.0 Å². The van der Waals surface area contributed by atoms with Crippen molar-refractivity contribution >= 4 is 34.9 Å². The Morgan fingerprint density at radius 2 is 1.72 bits per heavy atom. The zero-order valence-corrected chi connectivity index (χ0v) is 15.7. The van der Waals surface area contributed by atoms with Crippen molar-refractivity contribution in [1.82, 2.24) is 4.90 Å². The number of anilines is 1. The van der Waals surface area contributed by atoms with Crippen molar-refractivity contribution in [3.63, 3.8) is 0 Å².